The van der Waals surface area contributed by atoms with Crippen LogP contribution in [0.2, 0.25) is 0 Å². The molecule has 0 fully saturated rings. The van der Waals surface area contributed by atoms with E-state index >= 15 is 0 Å². The average molecular weight is 284 g/mol. The molecule has 0 bridgehead atoms. The summed E-state index contributed by atoms with van der Waals surface area (Å²) in [7, 11) is 0. The lowest BCUT2D eigenvalue weighted by Crippen LogP contribution is -2.42. The van der Waals surface area contributed by atoms with Crippen molar-refractivity contribution in [2.45, 2.75) is 26.4 Å². The number of hydrogen-bond donors (Lipinski definition) is 1. The molecular weight excluding hydrogens is 267 g/mol. The lowest BCUT2D eigenvalue weighted by molar-refractivity contribution is -0.387. The molecule has 0 radical (unpaired) electrons. The third-order valence-electron chi connectivity index (χ3n) is 2.64. The number of carbonyl (C=O) groups is 1. The summed E-state index contributed by atoms with van der Waals surface area (Å²) >= 11 is 0. The van der Waals surface area contributed by atoms with Gasteiger partial charge in [0.1, 0.15) is 0 Å². The van der Waals surface area contributed by atoms with Crippen LogP contribution in [-0.4, -0.2) is 39.5 Å². The van der Waals surface area contributed by atoms with Crippen molar-refractivity contribution in [3.05, 3.63) is 39.7 Å². The van der Waals surface area contributed by atoms with Gasteiger partial charge in [-0.15, -0.1) is 0 Å². The molecule has 0 aliphatic heterocycles. The van der Waals surface area contributed by atoms with E-state index < -0.39 is 27.9 Å². The van der Waals surface area contributed by atoms with E-state index in [1.807, 2.05) is 0 Å². The Kier molecular flexibility index (Phi) is 4.78. The number of benzene rings is 1. The van der Waals surface area contributed by atoms with Crippen LogP contribution in [0, 0.1) is 15.9 Å². The number of nitro benzene ring substituents is 1. The van der Waals surface area contributed by atoms with Crippen LogP contribution in [-0.2, 0) is 0 Å². The van der Waals surface area contributed by atoms with E-state index in [4.69, 9.17) is 0 Å². The Hall–Kier alpha value is -2.02. The van der Waals surface area contributed by atoms with Crippen LogP contribution in [0.1, 0.15) is 31.1 Å². The van der Waals surface area contributed by atoms with Crippen LogP contribution in [0.25, 0.3) is 0 Å². The van der Waals surface area contributed by atoms with Crippen molar-refractivity contribution in [2.24, 2.45) is 0 Å². The molecule has 110 valence electrons. The summed E-state index contributed by atoms with van der Waals surface area (Å²) < 4.78 is 13.5. The molecule has 0 saturated carbocycles. The van der Waals surface area contributed by atoms with Crippen molar-refractivity contribution in [2.75, 3.05) is 13.1 Å². The predicted octanol–water partition coefficient (Wildman–Crippen LogP) is 1.97. The van der Waals surface area contributed by atoms with Gasteiger partial charge in [0.05, 0.1) is 10.5 Å². The van der Waals surface area contributed by atoms with Gasteiger partial charge >= 0.3 is 5.69 Å². The van der Waals surface area contributed by atoms with Crippen LogP contribution in [0.4, 0.5) is 10.1 Å². The average Bonchev–Trinajstić information content (AvgIpc) is 2.33. The highest BCUT2D eigenvalue weighted by atomic mass is 19.1. The minimum absolute atomic E-state index is 0.0131. The van der Waals surface area contributed by atoms with Gasteiger partial charge in [-0.25, -0.2) is 0 Å². The molecular formula is C13H17FN2O4. The zero-order valence-electron chi connectivity index (χ0n) is 11.6. The van der Waals surface area contributed by atoms with Crippen molar-refractivity contribution in [3.63, 3.8) is 0 Å². The summed E-state index contributed by atoms with van der Waals surface area (Å²) in [5.41, 5.74) is -1.74. The van der Waals surface area contributed by atoms with Crippen LogP contribution >= 0.6 is 0 Å². The van der Waals surface area contributed by atoms with E-state index in [2.05, 4.69) is 0 Å². The Morgan fingerprint density at radius 1 is 1.50 bits per heavy atom. The minimum atomic E-state index is -1.08. The van der Waals surface area contributed by atoms with Gasteiger partial charge in [-0.1, -0.05) is 0 Å². The number of amides is 1. The molecule has 1 amide bonds. The Bertz CT molecular complexity index is 526. The lowest BCUT2D eigenvalue weighted by atomic mass is 10.1. The smallest absolute Gasteiger partial charge is 0.304 e. The maximum absolute atomic E-state index is 13.5. The molecule has 0 atom stereocenters. The van der Waals surface area contributed by atoms with Gasteiger partial charge in [0, 0.05) is 24.7 Å². The van der Waals surface area contributed by atoms with Gasteiger partial charge < -0.3 is 10.0 Å². The number of aliphatic hydroxyl groups is 1. The molecule has 7 heteroatoms. The van der Waals surface area contributed by atoms with Crippen molar-refractivity contribution < 1.29 is 19.2 Å². The van der Waals surface area contributed by atoms with Crippen LogP contribution in [0.5, 0.6) is 0 Å². The van der Waals surface area contributed by atoms with Gasteiger partial charge in [-0.3, -0.25) is 14.9 Å². The molecule has 1 N–H and O–H groups in total. The maximum Gasteiger partial charge on any atom is 0.304 e. The molecule has 0 unspecified atom stereocenters. The van der Waals surface area contributed by atoms with E-state index in [0.717, 1.165) is 12.1 Å². The number of carbonyl (C=O) groups excluding carboxylic acids is 1. The molecule has 0 aliphatic carbocycles. The molecule has 0 heterocycles. The minimum Gasteiger partial charge on any atom is -0.389 e. The number of likely N-dealkylation sites (N-methyl/N-ethyl adjacent to an activating group) is 1. The Morgan fingerprint density at radius 3 is 2.50 bits per heavy atom. The second kappa shape index (κ2) is 5.96. The quantitative estimate of drug-likeness (QED) is 0.661. The number of hydrogen-bond acceptors (Lipinski definition) is 4. The summed E-state index contributed by atoms with van der Waals surface area (Å²) in [6.07, 6.45) is 0. The van der Waals surface area contributed by atoms with Gasteiger partial charge in [0.25, 0.3) is 5.91 Å². The third-order valence-corrected chi connectivity index (χ3v) is 2.64. The summed E-state index contributed by atoms with van der Waals surface area (Å²) in [5, 5.41) is 20.2. The highest BCUT2D eigenvalue weighted by Gasteiger charge is 2.24. The Balaban J connectivity index is 3.02. The fourth-order valence-electron chi connectivity index (χ4n) is 1.76. The first-order valence-electron chi connectivity index (χ1n) is 6.11. The zero-order chi connectivity index (χ0) is 15.5. The number of rotatable bonds is 5. The molecule has 1 rings (SSSR count). The van der Waals surface area contributed by atoms with E-state index in [-0.39, 0.29) is 12.1 Å². The molecule has 1 aromatic rings. The topological polar surface area (TPSA) is 83.7 Å². The summed E-state index contributed by atoms with van der Waals surface area (Å²) in [6, 6.07) is 3.00. The fraction of sp³-hybridized carbons (Fsp3) is 0.462. The van der Waals surface area contributed by atoms with Gasteiger partial charge in [-0.05, 0) is 32.9 Å². The summed E-state index contributed by atoms with van der Waals surface area (Å²) in [4.78, 5) is 23.2. The van der Waals surface area contributed by atoms with Crippen molar-refractivity contribution in [3.8, 4) is 0 Å². The third kappa shape index (κ3) is 3.99. The summed E-state index contributed by atoms with van der Waals surface area (Å²) in [6.45, 7) is 5.26. The molecule has 0 saturated heterocycles. The van der Waals surface area contributed by atoms with Crippen molar-refractivity contribution >= 4 is 11.6 Å². The summed E-state index contributed by atoms with van der Waals surface area (Å²) in [5.74, 6) is -1.54. The predicted molar refractivity (Wildman–Crippen MR) is 70.9 cm³/mol. The van der Waals surface area contributed by atoms with Crippen LogP contribution in [0.15, 0.2) is 18.2 Å². The second-order valence-corrected chi connectivity index (χ2v) is 5.06. The first kappa shape index (κ1) is 16.0. The maximum atomic E-state index is 13.5. The highest BCUT2D eigenvalue weighted by molar-refractivity contribution is 5.94. The Morgan fingerprint density at radius 2 is 2.10 bits per heavy atom. The highest BCUT2D eigenvalue weighted by Crippen LogP contribution is 2.19. The zero-order valence-corrected chi connectivity index (χ0v) is 11.6. The lowest BCUT2D eigenvalue weighted by Gasteiger charge is -2.28. The Labute approximate surface area is 116 Å². The standard InChI is InChI=1S/C13H17FN2O4/c1-4-15(8-13(2,3)18)12(17)9-5-6-11(16(19)20)10(14)7-9/h5-7,18H,4,8H2,1-3H3. The first-order chi connectivity index (χ1) is 9.15. The molecule has 0 spiro atoms. The SMILES string of the molecule is CCN(CC(C)(C)O)C(=O)c1ccc([N+](=O)[O-])c(F)c1. The number of nitrogens with zero attached hydrogens (tertiary/aromatic N) is 2. The normalized spacial score (nSPS) is 11.2. The molecule has 0 aliphatic rings. The number of halogens is 1. The van der Waals surface area contributed by atoms with E-state index in [1.165, 1.54) is 11.0 Å². The largest absolute Gasteiger partial charge is 0.389 e. The first-order valence-corrected chi connectivity index (χ1v) is 6.11. The molecule has 1 aromatic carbocycles. The second-order valence-electron chi connectivity index (χ2n) is 5.06. The van der Waals surface area contributed by atoms with Crippen molar-refractivity contribution in [1.82, 2.24) is 4.90 Å². The van der Waals surface area contributed by atoms with Crippen LogP contribution in [0.3, 0.4) is 0 Å². The molecule has 20 heavy (non-hydrogen) atoms. The van der Waals surface area contributed by atoms with Gasteiger partial charge in [0.2, 0.25) is 5.82 Å². The number of nitro groups is 1. The molecule has 0 aromatic heterocycles. The van der Waals surface area contributed by atoms with E-state index in [9.17, 15) is 24.4 Å². The molecule has 6 nitrogen and oxygen atoms in total. The van der Waals surface area contributed by atoms with Crippen molar-refractivity contribution in [1.29, 1.82) is 0 Å². The van der Waals surface area contributed by atoms with Crippen LogP contribution < -0.4 is 0 Å². The fourth-order valence-corrected chi connectivity index (χ4v) is 1.76. The van der Waals surface area contributed by atoms with E-state index in [1.54, 1.807) is 20.8 Å². The monoisotopic (exact) mass is 284 g/mol. The van der Waals surface area contributed by atoms with Gasteiger partial charge in [0.15, 0.2) is 0 Å². The van der Waals surface area contributed by atoms with E-state index in [0.29, 0.717) is 6.54 Å². The van der Waals surface area contributed by atoms with Gasteiger partial charge in [-0.2, -0.15) is 4.39 Å².